The van der Waals surface area contributed by atoms with E-state index >= 15 is 0 Å². The first-order valence-corrected chi connectivity index (χ1v) is 9.15. The number of benzene rings is 1. The van der Waals surface area contributed by atoms with Gasteiger partial charge in [0.2, 0.25) is 11.1 Å². The average Bonchev–Trinajstić information content (AvgIpc) is 3.01. The van der Waals surface area contributed by atoms with Crippen LogP contribution in [0, 0.1) is 0 Å². The minimum atomic E-state index is -0.302. The molecule has 1 aromatic carbocycles. The van der Waals surface area contributed by atoms with Crippen molar-refractivity contribution in [2.75, 3.05) is 7.11 Å². The molecule has 0 aliphatic rings. The minimum absolute atomic E-state index is 0.0737. The molecule has 0 N–H and O–H groups in total. The Hall–Kier alpha value is -2.09. The Labute approximate surface area is 152 Å². The fourth-order valence-electron chi connectivity index (χ4n) is 2.73. The average molecular weight is 363 g/mol. The first kappa shape index (κ1) is 19.2. The Morgan fingerprint density at radius 2 is 1.80 bits per heavy atom. The number of carbonyl (C=O) groups excluding carboxylic acids is 1. The minimum Gasteiger partial charge on any atom is -0.494 e. The second kappa shape index (κ2) is 8.33. The summed E-state index contributed by atoms with van der Waals surface area (Å²) in [6, 6.07) is 7.78. The maximum absolute atomic E-state index is 12.8. The number of rotatable bonds is 7. The number of methoxy groups -OCH3 is 1. The summed E-state index contributed by atoms with van der Waals surface area (Å²) in [7, 11) is 1.60. The number of para-hydroxylation sites is 2. The summed E-state index contributed by atoms with van der Waals surface area (Å²) < 4.78 is 6.98. The van der Waals surface area contributed by atoms with Crippen LogP contribution in [0.1, 0.15) is 34.6 Å². The molecule has 2 rings (SSSR count). The first-order valence-electron chi connectivity index (χ1n) is 8.27. The summed E-state index contributed by atoms with van der Waals surface area (Å²) in [6.07, 6.45) is 0. The molecular formula is C17H25N5O2S. The Morgan fingerprint density at radius 1 is 1.16 bits per heavy atom. The normalized spacial score (nSPS) is 12.5. The Balaban J connectivity index is 2.25. The molecule has 1 aromatic heterocycles. The third-order valence-electron chi connectivity index (χ3n) is 3.75. The molecule has 0 bridgehead atoms. The maximum Gasteiger partial charge on any atom is 0.236 e. The number of hydrogen-bond donors (Lipinski definition) is 0. The molecule has 0 radical (unpaired) electrons. The van der Waals surface area contributed by atoms with Crippen molar-refractivity contribution in [3.63, 3.8) is 0 Å². The molecule has 136 valence electrons. The van der Waals surface area contributed by atoms with Gasteiger partial charge in [0.1, 0.15) is 11.4 Å². The molecule has 1 atom stereocenters. The maximum atomic E-state index is 12.8. The number of aromatic nitrogens is 4. The van der Waals surface area contributed by atoms with Crippen LogP contribution >= 0.6 is 11.8 Å². The van der Waals surface area contributed by atoms with E-state index in [1.54, 1.807) is 11.8 Å². The van der Waals surface area contributed by atoms with Crippen molar-refractivity contribution >= 4 is 17.7 Å². The molecule has 0 aliphatic carbocycles. The van der Waals surface area contributed by atoms with Crippen molar-refractivity contribution in [1.29, 1.82) is 0 Å². The van der Waals surface area contributed by atoms with E-state index in [0.29, 0.717) is 10.9 Å². The van der Waals surface area contributed by atoms with E-state index < -0.39 is 0 Å². The molecule has 2 aromatic rings. The molecule has 0 saturated heterocycles. The number of hydrogen-bond acceptors (Lipinski definition) is 6. The van der Waals surface area contributed by atoms with Gasteiger partial charge in [0.05, 0.1) is 12.4 Å². The number of nitrogens with zero attached hydrogens (tertiary/aromatic N) is 5. The van der Waals surface area contributed by atoms with Crippen LogP contribution in [0.15, 0.2) is 29.4 Å². The number of tetrazole rings is 1. The number of carbonyl (C=O) groups is 1. The van der Waals surface area contributed by atoms with Crippen molar-refractivity contribution in [2.24, 2.45) is 0 Å². The second-order valence-electron chi connectivity index (χ2n) is 6.24. The third-order valence-corrected chi connectivity index (χ3v) is 4.77. The Bertz CT molecular complexity index is 709. The molecule has 25 heavy (non-hydrogen) atoms. The molecule has 0 saturated carbocycles. The van der Waals surface area contributed by atoms with Gasteiger partial charge in [-0.05, 0) is 57.2 Å². The molecular weight excluding hydrogens is 338 g/mol. The predicted octanol–water partition coefficient (Wildman–Crippen LogP) is 2.80. The van der Waals surface area contributed by atoms with Gasteiger partial charge in [-0.2, -0.15) is 4.68 Å². The zero-order valence-corrected chi connectivity index (χ0v) is 16.3. The van der Waals surface area contributed by atoms with Crippen LogP contribution in [0.25, 0.3) is 5.69 Å². The van der Waals surface area contributed by atoms with Crippen LogP contribution in [0.4, 0.5) is 0 Å². The quantitative estimate of drug-likeness (QED) is 0.704. The molecule has 0 fully saturated rings. The second-order valence-corrected chi connectivity index (χ2v) is 7.55. The molecule has 0 aliphatic heterocycles. The van der Waals surface area contributed by atoms with E-state index in [1.807, 2.05) is 63.8 Å². The van der Waals surface area contributed by atoms with Gasteiger partial charge in [0.25, 0.3) is 0 Å². The molecule has 0 spiro atoms. The van der Waals surface area contributed by atoms with Crippen molar-refractivity contribution in [2.45, 2.75) is 57.1 Å². The molecule has 1 amide bonds. The first-order chi connectivity index (χ1) is 11.9. The predicted molar refractivity (Wildman–Crippen MR) is 98.1 cm³/mol. The molecule has 7 nitrogen and oxygen atoms in total. The van der Waals surface area contributed by atoms with Gasteiger partial charge in [-0.1, -0.05) is 23.9 Å². The monoisotopic (exact) mass is 363 g/mol. The van der Waals surface area contributed by atoms with Crippen molar-refractivity contribution in [1.82, 2.24) is 25.1 Å². The summed E-state index contributed by atoms with van der Waals surface area (Å²) in [5.74, 6) is 0.742. The number of amides is 1. The summed E-state index contributed by atoms with van der Waals surface area (Å²) in [6.45, 7) is 9.97. The third kappa shape index (κ3) is 4.31. The van der Waals surface area contributed by atoms with Crippen molar-refractivity contribution < 1.29 is 9.53 Å². The van der Waals surface area contributed by atoms with Gasteiger partial charge in [-0.15, -0.1) is 5.10 Å². The Kier molecular flexibility index (Phi) is 6.41. The largest absolute Gasteiger partial charge is 0.494 e. The van der Waals surface area contributed by atoms with E-state index in [-0.39, 0.29) is 23.2 Å². The zero-order valence-electron chi connectivity index (χ0n) is 15.5. The highest BCUT2D eigenvalue weighted by Crippen LogP contribution is 2.28. The standard InChI is InChI=1S/C17H25N5O2S/c1-11(2)21(12(3)4)16(23)13(5)25-17-18-19-20-22(17)14-9-7-8-10-15(14)24-6/h7-13H,1-6H3. The van der Waals surface area contributed by atoms with Crippen molar-refractivity contribution in [3.05, 3.63) is 24.3 Å². The number of ether oxygens (including phenoxy) is 1. The summed E-state index contributed by atoms with van der Waals surface area (Å²) in [4.78, 5) is 14.7. The van der Waals surface area contributed by atoms with Crippen LogP contribution in [0.2, 0.25) is 0 Å². The molecule has 1 heterocycles. The van der Waals surface area contributed by atoms with E-state index in [1.165, 1.54) is 11.8 Å². The van der Waals surface area contributed by atoms with Crippen molar-refractivity contribution in [3.8, 4) is 11.4 Å². The highest BCUT2D eigenvalue weighted by molar-refractivity contribution is 8.00. The van der Waals surface area contributed by atoms with Gasteiger partial charge >= 0.3 is 0 Å². The molecule has 1 unspecified atom stereocenters. The smallest absolute Gasteiger partial charge is 0.236 e. The Morgan fingerprint density at radius 3 is 2.40 bits per heavy atom. The van der Waals surface area contributed by atoms with Gasteiger partial charge in [0.15, 0.2) is 0 Å². The van der Waals surface area contributed by atoms with E-state index in [4.69, 9.17) is 4.74 Å². The molecule has 8 heteroatoms. The van der Waals surface area contributed by atoms with Crippen LogP contribution in [-0.2, 0) is 4.79 Å². The highest BCUT2D eigenvalue weighted by atomic mass is 32.2. The lowest BCUT2D eigenvalue weighted by Gasteiger charge is -2.32. The summed E-state index contributed by atoms with van der Waals surface area (Å²) >= 11 is 1.34. The summed E-state index contributed by atoms with van der Waals surface area (Å²) in [5, 5.41) is 12.1. The highest BCUT2D eigenvalue weighted by Gasteiger charge is 2.27. The zero-order chi connectivity index (χ0) is 18.6. The lowest BCUT2D eigenvalue weighted by atomic mass is 10.2. The number of thioether (sulfide) groups is 1. The fraction of sp³-hybridized carbons (Fsp3) is 0.529. The lowest BCUT2D eigenvalue weighted by Crippen LogP contribution is -2.45. The van der Waals surface area contributed by atoms with Gasteiger partial charge in [-0.25, -0.2) is 0 Å². The van der Waals surface area contributed by atoms with Crippen LogP contribution in [0.3, 0.4) is 0 Å². The van der Waals surface area contributed by atoms with Crippen LogP contribution < -0.4 is 4.74 Å². The van der Waals surface area contributed by atoms with E-state index in [0.717, 1.165) is 5.69 Å². The van der Waals surface area contributed by atoms with E-state index in [2.05, 4.69) is 15.5 Å². The lowest BCUT2D eigenvalue weighted by molar-refractivity contribution is -0.133. The van der Waals surface area contributed by atoms with Gasteiger partial charge < -0.3 is 9.64 Å². The van der Waals surface area contributed by atoms with E-state index in [9.17, 15) is 4.79 Å². The topological polar surface area (TPSA) is 73.1 Å². The van der Waals surface area contributed by atoms with Crippen LogP contribution in [0.5, 0.6) is 5.75 Å². The fourth-order valence-corrected chi connectivity index (χ4v) is 3.59. The summed E-state index contributed by atoms with van der Waals surface area (Å²) in [5.41, 5.74) is 0.738. The van der Waals surface area contributed by atoms with Gasteiger partial charge in [-0.3, -0.25) is 4.79 Å². The van der Waals surface area contributed by atoms with Crippen LogP contribution in [-0.4, -0.2) is 55.5 Å². The van der Waals surface area contributed by atoms with Gasteiger partial charge in [0, 0.05) is 12.1 Å². The SMILES string of the molecule is COc1ccccc1-n1nnnc1SC(C)C(=O)N(C(C)C)C(C)C.